The van der Waals surface area contributed by atoms with Gasteiger partial charge in [-0.1, -0.05) is 95.6 Å². The molecule has 17 atom stereocenters. The van der Waals surface area contributed by atoms with Crippen LogP contribution < -0.4 is 11.1 Å². The van der Waals surface area contributed by atoms with E-state index in [1.807, 2.05) is 26.0 Å². The summed E-state index contributed by atoms with van der Waals surface area (Å²) in [7, 11) is 0. The minimum atomic E-state index is -1.40. The lowest BCUT2D eigenvalue weighted by atomic mass is 9.32. The van der Waals surface area contributed by atoms with E-state index in [1.54, 1.807) is 0 Å². The van der Waals surface area contributed by atoms with Crippen molar-refractivity contribution in [3.8, 4) is 11.8 Å². The largest absolute Gasteiger partial charge is 0.396 e. The third-order valence-electron chi connectivity index (χ3n) is 26.2. The smallest absolute Gasteiger partial charge is 0.160 e. The van der Waals surface area contributed by atoms with Gasteiger partial charge in [0.25, 0.3) is 0 Å². The van der Waals surface area contributed by atoms with Crippen molar-refractivity contribution >= 4 is 5.78 Å². The van der Waals surface area contributed by atoms with Gasteiger partial charge in [0, 0.05) is 47.7 Å². The number of nitrogens with two attached hydrogens (primary N) is 1. The van der Waals surface area contributed by atoms with Gasteiger partial charge < -0.3 is 41.0 Å². The fraction of sp³-hybridized carbons (Fsp3) is 0.773. The highest BCUT2D eigenvalue weighted by Gasteiger charge is 2.81. The van der Waals surface area contributed by atoms with Crippen LogP contribution in [0.25, 0.3) is 0 Å². The highest BCUT2D eigenvalue weighted by molar-refractivity contribution is 5.96. The van der Waals surface area contributed by atoms with Crippen molar-refractivity contribution < 1.29 is 34.7 Å². The molecule has 13 rings (SSSR count). The van der Waals surface area contributed by atoms with Crippen LogP contribution in [-0.2, 0) is 27.1 Å². The quantitative estimate of drug-likeness (QED) is 0.110. The number of hydrogen-bond acceptors (Lipinski definition) is 9. The number of carbonyl (C=O) groups excluding carboxylic acids is 1. The second-order valence-electron chi connectivity index (χ2n) is 29.3. The maximum atomic E-state index is 16.3. The molecule has 0 bridgehead atoms. The van der Waals surface area contributed by atoms with Gasteiger partial charge in [0.2, 0.25) is 0 Å². The second-order valence-corrected chi connectivity index (χ2v) is 29.3. The topological polar surface area (TPSA) is 158 Å². The molecule has 9 aliphatic carbocycles. The summed E-state index contributed by atoms with van der Waals surface area (Å²) in [6, 6.07) is 9.02. The number of ketones is 1. The first kappa shape index (κ1) is 51.5. The number of rotatable bonds is 8. The summed E-state index contributed by atoms with van der Waals surface area (Å²) in [6.07, 6.45) is 27.7. The van der Waals surface area contributed by atoms with Crippen LogP contribution in [0.3, 0.4) is 0 Å². The van der Waals surface area contributed by atoms with Gasteiger partial charge in [0.15, 0.2) is 5.78 Å². The van der Waals surface area contributed by atoms with Crippen molar-refractivity contribution in [3.05, 3.63) is 70.6 Å². The molecular formula is C66H92N2O7. The Balaban J connectivity index is 0.940. The van der Waals surface area contributed by atoms with Crippen LogP contribution in [0.2, 0.25) is 0 Å². The minimum Gasteiger partial charge on any atom is -0.396 e. The van der Waals surface area contributed by atoms with E-state index in [4.69, 9.17) is 15.2 Å². The Labute approximate surface area is 449 Å². The Hall–Kier alpha value is -2.97. The van der Waals surface area contributed by atoms with Gasteiger partial charge in [-0.25, -0.2) is 0 Å². The summed E-state index contributed by atoms with van der Waals surface area (Å²) in [4.78, 5) is 16.3. The Morgan fingerprint density at radius 1 is 0.907 bits per heavy atom. The van der Waals surface area contributed by atoms with Crippen LogP contribution in [-0.4, -0.2) is 81.1 Å². The standard InChI is InChI=1S/C66H92N2O7/c1-42-22-34-74-65(37-42,56-55(75-56)60(5,72)57(2,41-69)27-19-43-21-33-68-52(67)35-43)49-20-28-66(73)47-36-48(70)54-59(4)53(47)46(38-58(49,66)3)18-17-45-14-7-6-13-44(45)15-12-16-50-62(30-29-61(40-62)23-8-9-24-61)31-32-64(50,59)39-51(71)63(54)25-10-11-26-63/h6-7,13-14,21,35-36,42,46,49-51,53-56,68-69,71-73H,8-11,15,17-20,22-34,37-41,67H2,1-5H3/t42-,46+,49+,50+,51+,53+,54+,55+,56+,57+,58-,59-,60+,62-,64-,65-,66-/m1/s1. The lowest BCUT2D eigenvalue weighted by Crippen LogP contribution is -2.72. The molecule has 3 aliphatic heterocycles. The van der Waals surface area contributed by atoms with Gasteiger partial charge in [-0.3, -0.25) is 4.79 Å². The van der Waals surface area contributed by atoms with Crippen molar-refractivity contribution in [1.29, 1.82) is 0 Å². The molecule has 12 aliphatic rings. The summed E-state index contributed by atoms with van der Waals surface area (Å²) < 4.78 is 14.4. The maximum absolute atomic E-state index is 16.3. The van der Waals surface area contributed by atoms with E-state index in [0.717, 1.165) is 94.6 Å². The number of aryl methyl sites for hydroxylation is 1. The predicted molar refractivity (Wildman–Crippen MR) is 291 cm³/mol. The molecule has 9 heteroatoms. The number of nitrogens with one attached hydrogen (secondary N) is 1. The molecule has 0 aromatic heterocycles. The monoisotopic (exact) mass is 1020 g/mol. The van der Waals surface area contributed by atoms with Crippen LogP contribution in [0.5, 0.6) is 0 Å². The van der Waals surface area contributed by atoms with E-state index >= 15 is 4.79 Å². The number of ether oxygens (including phenoxy) is 2. The molecule has 9 nitrogen and oxygen atoms in total. The van der Waals surface area contributed by atoms with E-state index in [9.17, 15) is 20.4 Å². The Morgan fingerprint density at radius 2 is 1.65 bits per heavy atom. The first-order valence-electron chi connectivity index (χ1n) is 30.5. The summed E-state index contributed by atoms with van der Waals surface area (Å²) in [5.41, 5.74) is 4.94. The molecule has 1 aromatic rings. The molecule has 0 unspecified atom stereocenters. The molecule has 7 N–H and O–H groups in total. The molecule has 2 saturated heterocycles. The van der Waals surface area contributed by atoms with Gasteiger partial charge in [-0.15, -0.1) is 0 Å². The summed E-state index contributed by atoms with van der Waals surface area (Å²) in [5.74, 6) is 9.01. The van der Waals surface area contributed by atoms with Crippen LogP contribution in [0.4, 0.5) is 0 Å². The van der Waals surface area contributed by atoms with E-state index in [0.29, 0.717) is 56.0 Å². The molecule has 0 amide bonds. The number of fused-ring (bicyclic) bond motifs is 5. The van der Waals surface area contributed by atoms with Gasteiger partial charge in [-0.05, 0) is 209 Å². The lowest BCUT2D eigenvalue weighted by molar-refractivity contribution is -0.241. The molecule has 1 aromatic carbocycles. The normalized spacial score (nSPS) is 46.5. The zero-order valence-corrected chi connectivity index (χ0v) is 46.4. The van der Waals surface area contributed by atoms with Crippen molar-refractivity contribution in [2.24, 2.45) is 79.1 Å². The van der Waals surface area contributed by atoms with Gasteiger partial charge >= 0.3 is 0 Å². The first-order chi connectivity index (χ1) is 35.8. The molecule has 4 spiro atoms. The maximum Gasteiger partial charge on any atom is 0.160 e. The third kappa shape index (κ3) is 7.06. The highest BCUT2D eigenvalue weighted by Crippen LogP contribution is 2.83. The van der Waals surface area contributed by atoms with Gasteiger partial charge in [0.1, 0.15) is 17.8 Å². The molecule has 408 valence electrons. The second kappa shape index (κ2) is 17.5. The number of epoxide rings is 1. The van der Waals surface area contributed by atoms with Crippen molar-refractivity contribution in [1.82, 2.24) is 5.32 Å². The third-order valence-corrected chi connectivity index (χ3v) is 26.2. The zero-order valence-electron chi connectivity index (χ0n) is 46.4. The fourth-order valence-corrected chi connectivity index (χ4v) is 22.3. The summed E-state index contributed by atoms with van der Waals surface area (Å²) in [6.45, 7) is 12.2. The number of aliphatic hydroxyl groups excluding tert-OH is 2. The molecular weight excluding hydrogens is 933 g/mol. The average Bonchev–Trinajstić information content (AvgIpc) is 3.74. The van der Waals surface area contributed by atoms with Crippen LogP contribution in [0, 0.1) is 85.3 Å². The minimum absolute atomic E-state index is 0.0480. The summed E-state index contributed by atoms with van der Waals surface area (Å²) in [5, 5.41) is 55.1. The SMILES string of the molecule is C[C@@H]1CCO[C@]([C@H]2CC[C@@]3(O)C4=CC(=O)[C@@H]5C6(CCCC6)[C@@H](O)C[C@]67CC[C@@]8(CCC9(CCCC9)C8)[C@@H]6C#CCc6ccccc6CC[C@@H](C[C@]23C)[C@@H]4[C@]57C)([C@H]2O[C@@H]2[C@](C)(O)[C@](C)(CO)CCC2=CCNC(N)=C2)C1. The van der Waals surface area contributed by atoms with Crippen molar-refractivity contribution in [2.45, 2.75) is 224 Å². The molecule has 9 fully saturated rings. The van der Waals surface area contributed by atoms with Crippen molar-refractivity contribution in [2.75, 3.05) is 19.8 Å². The Bertz CT molecular complexity index is 2630. The van der Waals surface area contributed by atoms with Crippen molar-refractivity contribution in [3.63, 3.8) is 0 Å². The highest BCUT2D eigenvalue weighted by atomic mass is 16.6. The molecule has 3 heterocycles. The number of carbonyl (C=O) groups is 1. The molecule has 7 saturated carbocycles. The van der Waals surface area contributed by atoms with E-state index in [1.165, 1.54) is 56.1 Å². The predicted octanol–water partition coefficient (Wildman–Crippen LogP) is 10.4. The zero-order chi connectivity index (χ0) is 52.2. The van der Waals surface area contributed by atoms with Crippen LogP contribution in [0.1, 0.15) is 187 Å². The van der Waals surface area contributed by atoms with Gasteiger partial charge in [0.05, 0.1) is 29.7 Å². The average molecular weight is 1030 g/mol. The van der Waals surface area contributed by atoms with E-state index in [-0.39, 0.29) is 47.4 Å². The molecule has 75 heavy (non-hydrogen) atoms. The number of benzene rings is 1. The summed E-state index contributed by atoms with van der Waals surface area (Å²) >= 11 is 0. The lowest BCUT2D eigenvalue weighted by Gasteiger charge is -2.71. The number of hydrogen-bond donors (Lipinski definition) is 6. The molecule has 0 radical (unpaired) electrons. The van der Waals surface area contributed by atoms with Gasteiger partial charge in [-0.2, -0.15) is 0 Å². The van der Waals surface area contributed by atoms with Crippen LogP contribution >= 0.6 is 0 Å². The fourth-order valence-electron chi connectivity index (χ4n) is 22.3. The number of allylic oxidation sites excluding steroid dienone is 3. The first-order valence-corrected chi connectivity index (χ1v) is 30.5. The number of aliphatic hydroxyl groups is 4. The Kier molecular flexibility index (Phi) is 12.0. The van der Waals surface area contributed by atoms with E-state index < -0.39 is 62.2 Å². The Morgan fingerprint density at radius 3 is 2.40 bits per heavy atom. The van der Waals surface area contributed by atoms with E-state index in [2.05, 4.69) is 68.3 Å². The van der Waals surface area contributed by atoms with Crippen LogP contribution in [0.15, 0.2) is 59.5 Å². The number of dihydropyridines is 1.